The summed E-state index contributed by atoms with van der Waals surface area (Å²) in [6.45, 7) is 12.8. The quantitative estimate of drug-likeness (QED) is 0.336. The van der Waals surface area contributed by atoms with Crippen molar-refractivity contribution in [3.05, 3.63) is 77.8 Å². The number of allylic oxidation sites excluding steroid dienone is 2. The van der Waals surface area contributed by atoms with Crippen LogP contribution in [0.4, 0.5) is 15.8 Å². The van der Waals surface area contributed by atoms with Crippen LogP contribution in [0.2, 0.25) is 0 Å². The van der Waals surface area contributed by atoms with Gasteiger partial charge in [-0.2, -0.15) is 0 Å². The van der Waals surface area contributed by atoms with Crippen LogP contribution in [0.15, 0.2) is 60.2 Å². The van der Waals surface area contributed by atoms with E-state index < -0.39 is 10.0 Å². The van der Waals surface area contributed by atoms with Crippen LogP contribution in [0.5, 0.6) is 0 Å². The van der Waals surface area contributed by atoms with E-state index in [0.717, 1.165) is 30.6 Å². The zero-order chi connectivity index (χ0) is 23.5. The molecule has 0 saturated heterocycles. The molecule has 1 heterocycles. The maximum Gasteiger partial charge on any atom is 0.264 e. The van der Waals surface area contributed by atoms with E-state index >= 15 is 0 Å². The van der Waals surface area contributed by atoms with Crippen LogP contribution in [0.3, 0.4) is 0 Å². The van der Waals surface area contributed by atoms with Crippen LogP contribution in [-0.2, 0) is 16.4 Å². The number of halogens is 1. The van der Waals surface area contributed by atoms with Gasteiger partial charge in [0.1, 0.15) is 5.82 Å². The Balaban J connectivity index is 1.94. The summed E-state index contributed by atoms with van der Waals surface area (Å²) in [7, 11) is -3.74. The van der Waals surface area contributed by atoms with Gasteiger partial charge in [0.2, 0.25) is 0 Å². The molecule has 4 nitrogen and oxygen atoms in total. The molecule has 0 saturated carbocycles. The topological polar surface area (TPSA) is 40.6 Å². The lowest BCUT2D eigenvalue weighted by Gasteiger charge is -2.25. The third-order valence-electron chi connectivity index (χ3n) is 5.62. The van der Waals surface area contributed by atoms with Gasteiger partial charge < -0.3 is 4.90 Å². The Bertz CT molecular complexity index is 1120. The van der Waals surface area contributed by atoms with E-state index in [2.05, 4.69) is 37.6 Å². The number of anilines is 2. The van der Waals surface area contributed by atoms with Gasteiger partial charge in [0, 0.05) is 25.0 Å². The van der Waals surface area contributed by atoms with E-state index in [-0.39, 0.29) is 10.7 Å². The maximum atomic E-state index is 13.8. The van der Waals surface area contributed by atoms with Crippen molar-refractivity contribution in [3.8, 4) is 0 Å². The van der Waals surface area contributed by atoms with Crippen molar-refractivity contribution in [2.75, 3.05) is 22.3 Å². The number of aryl methyl sites for hydroxylation is 2. The number of rotatable bonds is 9. The molecule has 2 aromatic rings. The highest BCUT2D eigenvalue weighted by Crippen LogP contribution is 2.37. The fraction of sp³-hybridized carbons (Fsp3) is 0.385. The molecule has 3 rings (SSSR count). The fourth-order valence-electron chi connectivity index (χ4n) is 4.21. The fourth-order valence-corrected chi connectivity index (χ4v) is 5.98. The van der Waals surface area contributed by atoms with E-state index in [0.29, 0.717) is 35.7 Å². The highest BCUT2D eigenvalue weighted by Gasteiger charge is 2.33. The third-order valence-corrected chi connectivity index (χ3v) is 7.58. The molecule has 0 spiro atoms. The number of nitrogens with zero attached hydrogens (tertiary/aromatic N) is 2. The Hall–Kier alpha value is -2.60. The molecule has 32 heavy (non-hydrogen) atoms. The average molecular weight is 457 g/mol. The first-order valence-corrected chi connectivity index (χ1v) is 12.6. The van der Waals surface area contributed by atoms with E-state index in [9.17, 15) is 12.8 Å². The van der Waals surface area contributed by atoms with Crippen molar-refractivity contribution in [1.82, 2.24) is 0 Å². The minimum Gasteiger partial charge on any atom is -0.348 e. The summed E-state index contributed by atoms with van der Waals surface area (Å²) >= 11 is 0. The minimum absolute atomic E-state index is 0.290. The van der Waals surface area contributed by atoms with E-state index in [4.69, 9.17) is 0 Å². The standard InChI is InChI=1S/C26H33FN2O2S/c1-6-7-8-9-13-28(18-19(2)3)24-10-11-25(20(4)16-24)32(30,31)29-14-12-22-17-23(27)15-21(5)26(22)29/h6,9-11,13,15-17,19H,1,7-8,12,14,18H2,2-5H3/b13-9-. The molecule has 0 N–H and O–H groups in total. The van der Waals surface area contributed by atoms with Crippen molar-refractivity contribution < 1.29 is 12.8 Å². The molecule has 172 valence electrons. The van der Waals surface area contributed by atoms with Crippen LogP contribution < -0.4 is 9.21 Å². The number of hydrogen-bond donors (Lipinski definition) is 0. The van der Waals surface area contributed by atoms with Crippen molar-refractivity contribution in [2.45, 2.75) is 51.9 Å². The van der Waals surface area contributed by atoms with Gasteiger partial charge >= 0.3 is 0 Å². The Morgan fingerprint density at radius 1 is 1.16 bits per heavy atom. The van der Waals surface area contributed by atoms with Crippen molar-refractivity contribution in [2.24, 2.45) is 5.92 Å². The second-order valence-corrected chi connectivity index (χ2v) is 10.6. The van der Waals surface area contributed by atoms with Crippen LogP contribution in [0.25, 0.3) is 0 Å². The van der Waals surface area contributed by atoms with Crippen molar-refractivity contribution in [3.63, 3.8) is 0 Å². The van der Waals surface area contributed by atoms with Crippen molar-refractivity contribution >= 4 is 21.4 Å². The molecule has 2 aromatic carbocycles. The molecule has 1 aliphatic rings. The SMILES string of the molecule is C=CCC/C=C\N(CC(C)C)c1ccc(S(=O)(=O)N2CCc3cc(F)cc(C)c32)c(C)c1. The molecule has 6 heteroatoms. The van der Waals surface area contributed by atoms with Gasteiger partial charge in [-0.1, -0.05) is 26.0 Å². The minimum atomic E-state index is -3.74. The van der Waals surface area contributed by atoms with Gasteiger partial charge in [-0.15, -0.1) is 6.58 Å². The molecule has 0 atom stereocenters. The average Bonchev–Trinajstić information content (AvgIpc) is 3.15. The second kappa shape index (κ2) is 9.90. The highest BCUT2D eigenvalue weighted by molar-refractivity contribution is 7.93. The number of hydrogen-bond acceptors (Lipinski definition) is 3. The van der Waals surface area contributed by atoms with Gasteiger partial charge in [-0.3, -0.25) is 4.31 Å². The summed E-state index contributed by atoms with van der Waals surface area (Å²) < 4.78 is 42.3. The summed E-state index contributed by atoms with van der Waals surface area (Å²) in [4.78, 5) is 2.45. The van der Waals surface area contributed by atoms with E-state index in [1.54, 1.807) is 13.0 Å². The summed E-state index contributed by atoms with van der Waals surface area (Å²) in [5.74, 6) is 0.125. The van der Waals surface area contributed by atoms with Gasteiger partial charge in [0.15, 0.2) is 0 Å². The third kappa shape index (κ3) is 5.07. The first-order chi connectivity index (χ1) is 15.1. The predicted octanol–water partition coefficient (Wildman–Crippen LogP) is 6.14. The zero-order valence-corrected chi connectivity index (χ0v) is 20.3. The largest absolute Gasteiger partial charge is 0.348 e. The maximum absolute atomic E-state index is 13.8. The number of sulfonamides is 1. The number of fused-ring (bicyclic) bond motifs is 1. The van der Waals surface area contributed by atoms with Crippen LogP contribution in [0, 0.1) is 25.6 Å². The smallest absolute Gasteiger partial charge is 0.264 e. The first kappa shape index (κ1) is 24.1. The second-order valence-electron chi connectivity index (χ2n) is 8.80. The molecular weight excluding hydrogens is 423 g/mol. The van der Waals surface area contributed by atoms with Crippen molar-refractivity contribution in [1.29, 1.82) is 0 Å². The Morgan fingerprint density at radius 3 is 2.56 bits per heavy atom. The van der Waals surface area contributed by atoms with Gasteiger partial charge in [0.25, 0.3) is 10.0 Å². The summed E-state index contributed by atoms with van der Waals surface area (Å²) in [6.07, 6.45) is 8.43. The summed E-state index contributed by atoms with van der Waals surface area (Å²) in [5, 5.41) is 0. The number of unbranched alkanes of at least 4 members (excludes halogenated alkanes) is 1. The van der Waals surface area contributed by atoms with Gasteiger partial charge in [0.05, 0.1) is 10.6 Å². The molecule has 0 bridgehead atoms. The van der Waals surface area contributed by atoms with Gasteiger partial charge in [-0.25, -0.2) is 12.8 Å². The first-order valence-electron chi connectivity index (χ1n) is 11.1. The molecule has 0 radical (unpaired) electrons. The summed E-state index contributed by atoms with van der Waals surface area (Å²) in [6, 6.07) is 8.33. The zero-order valence-electron chi connectivity index (χ0n) is 19.4. The Morgan fingerprint density at radius 2 is 1.91 bits per heavy atom. The normalized spacial score (nSPS) is 13.8. The van der Waals surface area contributed by atoms with E-state index in [1.165, 1.54) is 16.4 Å². The molecule has 0 fully saturated rings. The monoisotopic (exact) mass is 456 g/mol. The number of benzene rings is 2. The lowest BCUT2D eigenvalue weighted by molar-refractivity contribution is 0.591. The molecular formula is C26H33FN2O2S. The van der Waals surface area contributed by atoms with Gasteiger partial charge in [-0.05, 0) is 86.1 Å². The molecule has 0 aliphatic carbocycles. The molecule has 0 aromatic heterocycles. The lowest BCUT2D eigenvalue weighted by atomic mass is 10.1. The van der Waals surface area contributed by atoms with Crippen LogP contribution >= 0.6 is 0 Å². The summed E-state index contributed by atoms with van der Waals surface area (Å²) in [5.41, 5.74) is 3.66. The predicted molar refractivity (Wildman–Crippen MR) is 131 cm³/mol. The highest BCUT2D eigenvalue weighted by atomic mass is 32.2. The van der Waals surface area contributed by atoms with Crippen LogP contribution in [0.1, 0.15) is 43.4 Å². The molecule has 1 aliphatic heterocycles. The Labute approximate surface area is 192 Å². The lowest BCUT2D eigenvalue weighted by Crippen LogP contribution is -2.30. The Kier molecular flexibility index (Phi) is 7.44. The molecule has 0 unspecified atom stereocenters. The molecule has 0 amide bonds. The van der Waals surface area contributed by atoms with Crippen LogP contribution in [-0.4, -0.2) is 21.5 Å². The van der Waals surface area contributed by atoms with E-state index in [1.807, 2.05) is 25.1 Å².